The summed E-state index contributed by atoms with van der Waals surface area (Å²) in [6, 6.07) is 21.4. The summed E-state index contributed by atoms with van der Waals surface area (Å²) in [4.78, 5) is 15.1. The topological polar surface area (TPSA) is 56.6 Å². The van der Waals surface area contributed by atoms with E-state index in [1.807, 2.05) is 60.7 Å². The predicted octanol–water partition coefficient (Wildman–Crippen LogP) is 5.04. The van der Waals surface area contributed by atoms with Gasteiger partial charge in [0.25, 0.3) is 5.91 Å². The number of hydrogen-bond acceptors (Lipinski definition) is 4. The Hall–Kier alpha value is -4.06. The molecular weight excluding hydrogens is 402 g/mol. The van der Waals surface area contributed by atoms with Crippen LogP contribution < -0.4 is 9.47 Å². The first kappa shape index (κ1) is 19.9. The van der Waals surface area contributed by atoms with Crippen molar-refractivity contribution < 1.29 is 14.3 Å². The van der Waals surface area contributed by atoms with Crippen LogP contribution in [-0.2, 0) is 20.1 Å². The van der Waals surface area contributed by atoms with Gasteiger partial charge < -0.3 is 14.4 Å². The van der Waals surface area contributed by atoms with Gasteiger partial charge in [-0.15, -0.1) is 0 Å². The van der Waals surface area contributed by atoms with E-state index in [1.54, 1.807) is 17.9 Å². The van der Waals surface area contributed by atoms with E-state index in [0.717, 1.165) is 22.3 Å². The molecule has 6 heteroatoms. The van der Waals surface area contributed by atoms with Gasteiger partial charge in [0.1, 0.15) is 17.2 Å². The summed E-state index contributed by atoms with van der Waals surface area (Å²) < 4.78 is 13.1. The zero-order valence-electron chi connectivity index (χ0n) is 18.0. The van der Waals surface area contributed by atoms with E-state index < -0.39 is 0 Å². The Kier molecular flexibility index (Phi) is 5.11. The van der Waals surface area contributed by atoms with E-state index in [2.05, 4.69) is 29.4 Å². The summed E-state index contributed by atoms with van der Waals surface area (Å²) in [6.45, 7) is 1.10. The number of amides is 1. The third-order valence-corrected chi connectivity index (χ3v) is 5.61. The van der Waals surface area contributed by atoms with E-state index in [0.29, 0.717) is 35.9 Å². The standard InChI is InChI=1S/C26H23N3O3/c1-28-16-21(14-27-28)19-11-9-18(10-12-19)15-29-17-20-5-3-8-24(25(20)26(29)30)32-23-7-4-6-22(13-23)31-2/h3-14,16H,15,17H2,1-2H3. The molecule has 0 N–H and O–H groups in total. The molecule has 4 aromatic rings. The molecule has 0 bridgehead atoms. The lowest BCUT2D eigenvalue weighted by Crippen LogP contribution is -2.23. The Morgan fingerprint density at radius 3 is 2.50 bits per heavy atom. The lowest BCUT2D eigenvalue weighted by Gasteiger charge is -2.16. The SMILES string of the molecule is COc1cccc(Oc2cccc3c2C(=O)N(Cc2ccc(-c4cnn(C)c4)cc2)C3)c1. The molecule has 0 fully saturated rings. The van der Waals surface area contributed by atoms with E-state index in [-0.39, 0.29) is 5.91 Å². The number of carbonyl (C=O) groups is 1. The average molecular weight is 425 g/mol. The van der Waals surface area contributed by atoms with Crippen molar-refractivity contribution in [2.45, 2.75) is 13.1 Å². The Balaban J connectivity index is 1.34. The second-order valence-corrected chi connectivity index (χ2v) is 7.83. The molecule has 0 radical (unpaired) electrons. The molecule has 0 aliphatic carbocycles. The molecule has 5 rings (SSSR count). The van der Waals surface area contributed by atoms with Crippen LogP contribution in [0, 0.1) is 0 Å². The predicted molar refractivity (Wildman–Crippen MR) is 122 cm³/mol. The second-order valence-electron chi connectivity index (χ2n) is 7.83. The van der Waals surface area contributed by atoms with Crippen LogP contribution in [0.4, 0.5) is 0 Å². The Bertz CT molecular complexity index is 1280. The number of fused-ring (bicyclic) bond motifs is 1. The highest BCUT2D eigenvalue weighted by Gasteiger charge is 2.30. The number of carbonyl (C=O) groups excluding carboxylic acids is 1. The van der Waals surface area contributed by atoms with Crippen LogP contribution in [0.3, 0.4) is 0 Å². The van der Waals surface area contributed by atoms with Gasteiger partial charge in [-0.1, -0.05) is 42.5 Å². The minimum atomic E-state index is -0.0187. The van der Waals surface area contributed by atoms with Crippen molar-refractivity contribution in [3.63, 3.8) is 0 Å². The molecule has 6 nitrogen and oxygen atoms in total. The summed E-state index contributed by atoms with van der Waals surface area (Å²) in [5.74, 6) is 1.89. The molecule has 2 heterocycles. The number of aryl methyl sites for hydroxylation is 1. The van der Waals surface area contributed by atoms with Crippen LogP contribution in [-0.4, -0.2) is 27.7 Å². The molecule has 0 saturated carbocycles. The Labute approximate surface area is 186 Å². The van der Waals surface area contributed by atoms with E-state index >= 15 is 0 Å². The zero-order valence-corrected chi connectivity index (χ0v) is 18.0. The monoisotopic (exact) mass is 425 g/mol. The van der Waals surface area contributed by atoms with Crippen molar-refractivity contribution in [3.05, 3.63) is 95.8 Å². The van der Waals surface area contributed by atoms with Crippen molar-refractivity contribution in [3.8, 4) is 28.4 Å². The molecule has 1 aliphatic rings. The highest BCUT2D eigenvalue weighted by Crippen LogP contribution is 2.35. The number of ether oxygens (including phenoxy) is 2. The van der Waals surface area contributed by atoms with Crippen molar-refractivity contribution in [2.24, 2.45) is 7.05 Å². The van der Waals surface area contributed by atoms with Gasteiger partial charge in [0.2, 0.25) is 0 Å². The quantitative estimate of drug-likeness (QED) is 0.434. The molecule has 160 valence electrons. The number of benzene rings is 3. The minimum Gasteiger partial charge on any atom is -0.497 e. The van der Waals surface area contributed by atoms with Gasteiger partial charge in [-0.2, -0.15) is 5.10 Å². The van der Waals surface area contributed by atoms with Gasteiger partial charge in [0.05, 0.1) is 18.9 Å². The van der Waals surface area contributed by atoms with Crippen molar-refractivity contribution in [1.29, 1.82) is 0 Å². The molecule has 0 spiro atoms. The molecule has 0 saturated heterocycles. The fourth-order valence-corrected chi connectivity index (χ4v) is 3.98. The van der Waals surface area contributed by atoms with Crippen molar-refractivity contribution in [2.75, 3.05) is 7.11 Å². The second kappa shape index (κ2) is 8.23. The fraction of sp³-hybridized carbons (Fsp3) is 0.154. The number of rotatable bonds is 6. The first-order valence-electron chi connectivity index (χ1n) is 10.4. The zero-order chi connectivity index (χ0) is 22.1. The normalized spacial score (nSPS) is 12.7. The highest BCUT2D eigenvalue weighted by molar-refractivity contribution is 6.01. The maximum absolute atomic E-state index is 13.2. The van der Waals surface area contributed by atoms with Crippen molar-refractivity contribution in [1.82, 2.24) is 14.7 Å². The smallest absolute Gasteiger partial charge is 0.258 e. The third-order valence-electron chi connectivity index (χ3n) is 5.61. The number of methoxy groups -OCH3 is 1. The van der Waals surface area contributed by atoms with Crippen molar-refractivity contribution >= 4 is 5.91 Å². The molecule has 0 unspecified atom stereocenters. The molecular formula is C26H23N3O3. The lowest BCUT2D eigenvalue weighted by atomic mass is 10.1. The van der Waals surface area contributed by atoms with Gasteiger partial charge in [-0.3, -0.25) is 9.48 Å². The summed E-state index contributed by atoms with van der Waals surface area (Å²) in [7, 11) is 3.52. The maximum atomic E-state index is 13.2. The molecule has 1 amide bonds. The van der Waals surface area contributed by atoms with Crippen LogP contribution in [0.15, 0.2) is 79.1 Å². The van der Waals surface area contributed by atoms with Crippen LogP contribution in [0.1, 0.15) is 21.5 Å². The van der Waals surface area contributed by atoms with Crippen LogP contribution in [0.25, 0.3) is 11.1 Å². The first-order chi connectivity index (χ1) is 15.6. The van der Waals surface area contributed by atoms with E-state index in [4.69, 9.17) is 9.47 Å². The third kappa shape index (κ3) is 3.83. The highest BCUT2D eigenvalue weighted by atomic mass is 16.5. The van der Waals surface area contributed by atoms with Gasteiger partial charge in [0.15, 0.2) is 0 Å². The van der Waals surface area contributed by atoms with Gasteiger partial charge in [-0.25, -0.2) is 0 Å². The number of aromatic nitrogens is 2. The Morgan fingerprint density at radius 2 is 1.75 bits per heavy atom. The van der Waals surface area contributed by atoms with Gasteiger partial charge in [0, 0.05) is 38.0 Å². The van der Waals surface area contributed by atoms with Crippen LogP contribution in [0.5, 0.6) is 17.2 Å². The largest absolute Gasteiger partial charge is 0.497 e. The van der Waals surface area contributed by atoms with Crippen LogP contribution >= 0.6 is 0 Å². The molecule has 1 aliphatic heterocycles. The van der Waals surface area contributed by atoms with Crippen LogP contribution in [0.2, 0.25) is 0 Å². The lowest BCUT2D eigenvalue weighted by molar-refractivity contribution is 0.0765. The Morgan fingerprint density at radius 1 is 0.969 bits per heavy atom. The summed E-state index contributed by atoms with van der Waals surface area (Å²) >= 11 is 0. The van der Waals surface area contributed by atoms with Gasteiger partial charge in [-0.05, 0) is 34.9 Å². The minimum absolute atomic E-state index is 0.0187. The molecule has 1 aromatic heterocycles. The summed E-state index contributed by atoms with van der Waals surface area (Å²) in [5, 5.41) is 4.22. The molecule has 0 atom stereocenters. The first-order valence-corrected chi connectivity index (χ1v) is 10.4. The number of hydrogen-bond donors (Lipinski definition) is 0. The number of nitrogens with zero attached hydrogens (tertiary/aromatic N) is 3. The fourth-order valence-electron chi connectivity index (χ4n) is 3.98. The van der Waals surface area contributed by atoms with Gasteiger partial charge >= 0.3 is 0 Å². The summed E-state index contributed by atoms with van der Waals surface area (Å²) in [6.07, 6.45) is 3.83. The van der Waals surface area contributed by atoms with E-state index in [1.165, 1.54) is 0 Å². The molecule has 3 aromatic carbocycles. The molecule has 32 heavy (non-hydrogen) atoms. The summed E-state index contributed by atoms with van der Waals surface area (Å²) in [5.41, 5.74) is 4.86. The van der Waals surface area contributed by atoms with E-state index in [9.17, 15) is 4.79 Å². The average Bonchev–Trinajstić information content (AvgIpc) is 3.38. The maximum Gasteiger partial charge on any atom is 0.258 e.